The molecule has 0 bridgehead atoms. The molecule has 0 spiro atoms. The van der Waals surface area contributed by atoms with Crippen molar-refractivity contribution in [2.24, 2.45) is 0 Å². The van der Waals surface area contributed by atoms with E-state index in [1.165, 1.54) is 0 Å². The van der Waals surface area contributed by atoms with Crippen molar-refractivity contribution in [1.29, 1.82) is 0 Å². The molecule has 1 heterocycles. The van der Waals surface area contributed by atoms with Crippen LogP contribution in [0.2, 0.25) is 0 Å². The van der Waals surface area contributed by atoms with Crippen molar-refractivity contribution in [1.82, 2.24) is 4.90 Å². The van der Waals surface area contributed by atoms with Gasteiger partial charge in [0, 0.05) is 18.3 Å². The number of aliphatic hydroxyl groups is 1. The molecule has 3 rings (SSSR count). The number of hydrogen-bond acceptors (Lipinski definition) is 5. The molecule has 2 aromatic carbocycles. The van der Waals surface area contributed by atoms with Crippen LogP contribution in [0.5, 0.6) is 0 Å². The third kappa shape index (κ3) is 5.44. The Morgan fingerprint density at radius 1 is 1.10 bits per heavy atom. The van der Waals surface area contributed by atoms with Crippen molar-refractivity contribution in [3.05, 3.63) is 66.2 Å². The van der Waals surface area contributed by atoms with Crippen LogP contribution in [0.4, 0.5) is 5.69 Å². The summed E-state index contributed by atoms with van der Waals surface area (Å²) in [4.78, 5) is 16.9. The third-order valence-corrected chi connectivity index (χ3v) is 7.13. The third-order valence-electron chi connectivity index (χ3n) is 5.38. The summed E-state index contributed by atoms with van der Waals surface area (Å²) in [7, 11) is -1.26. The lowest BCUT2D eigenvalue weighted by molar-refractivity contribution is -0.120. The van der Waals surface area contributed by atoms with Gasteiger partial charge < -0.3 is 10.0 Å². The number of benzene rings is 2. The van der Waals surface area contributed by atoms with E-state index in [-0.39, 0.29) is 42.6 Å². The van der Waals surface area contributed by atoms with Gasteiger partial charge in [-0.05, 0) is 37.6 Å². The Morgan fingerprint density at radius 2 is 1.72 bits per heavy atom. The van der Waals surface area contributed by atoms with Crippen molar-refractivity contribution in [3.63, 3.8) is 0 Å². The number of sulfone groups is 1. The number of carbonyl (C=O) groups excluding carboxylic acids is 1. The highest BCUT2D eigenvalue weighted by Crippen LogP contribution is 2.27. The maximum Gasteiger partial charge on any atom is 0.241 e. The number of anilines is 1. The second kappa shape index (κ2) is 9.52. The van der Waals surface area contributed by atoms with Crippen LogP contribution in [0.15, 0.2) is 60.7 Å². The van der Waals surface area contributed by atoms with Gasteiger partial charge in [-0.1, -0.05) is 48.5 Å². The molecule has 29 heavy (non-hydrogen) atoms. The molecule has 1 saturated heterocycles. The van der Waals surface area contributed by atoms with Gasteiger partial charge in [0.2, 0.25) is 5.91 Å². The van der Waals surface area contributed by atoms with Crippen molar-refractivity contribution in [2.75, 3.05) is 36.6 Å². The minimum Gasteiger partial charge on any atom is -0.396 e. The first-order valence-corrected chi connectivity index (χ1v) is 11.7. The standard InChI is InChI=1S/C22H28N2O4S/c1-23(21(12-14-25)18-8-4-2-5-9-18)16-22(26)24(19-10-6-3-7-11-19)20-13-15-29(27,28)17-20/h2-11,20-21,25H,12-17H2,1H3. The Hall–Kier alpha value is -2.22. The fraction of sp³-hybridized carbons (Fsp3) is 0.409. The molecule has 7 heteroatoms. The number of amides is 1. The van der Waals surface area contributed by atoms with Gasteiger partial charge in [-0.15, -0.1) is 0 Å². The molecular weight excluding hydrogens is 388 g/mol. The summed E-state index contributed by atoms with van der Waals surface area (Å²) in [6.45, 7) is 0.145. The van der Waals surface area contributed by atoms with Gasteiger partial charge in [0.1, 0.15) is 0 Å². The van der Waals surface area contributed by atoms with E-state index in [4.69, 9.17) is 0 Å². The SMILES string of the molecule is CN(CC(=O)N(c1ccccc1)C1CCS(=O)(=O)C1)C(CCO)c1ccccc1. The van der Waals surface area contributed by atoms with Gasteiger partial charge in [-0.25, -0.2) is 8.42 Å². The molecule has 0 aromatic heterocycles. The van der Waals surface area contributed by atoms with Crippen LogP contribution < -0.4 is 4.90 Å². The highest BCUT2D eigenvalue weighted by molar-refractivity contribution is 7.91. The first-order chi connectivity index (χ1) is 13.9. The van der Waals surface area contributed by atoms with E-state index in [0.29, 0.717) is 18.5 Å². The zero-order valence-electron chi connectivity index (χ0n) is 16.6. The van der Waals surface area contributed by atoms with E-state index in [1.807, 2.05) is 72.6 Å². The van der Waals surface area contributed by atoms with Crippen LogP contribution in [-0.2, 0) is 14.6 Å². The maximum absolute atomic E-state index is 13.3. The summed E-state index contributed by atoms with van der Waals surface area (Å²) in [5.74, 6) is -0.0307. The number of hydrogen-bond donors (Lipinski definition) is 1. The Morgan fingerprint density at radius 3 is 2.28 bits per heavy atom. The van der Waals surface area contributed by atoms with E-state index in [9.17, 15) is 18.3 Å². The molecule has 2 unspecified atom stereocenters. The van der Waals surface area contributed by atoms with Gasteiger partial charge in [-0.2, -0.15) is 0 Å². The lowest BCUT2D eigenvalue weighted by Gasteiger charge is -2.33. The minimum atomic E-state index is -3.12. The molecule has 1 amide bonds. The molecule has 2 atom stereocenters. The number of para-hydroxylation sites is 1. The molecule has 1 N–H and O–H groups in total. The predicted molar refractivity (Wildman–Crippen MR) is 115 cm³/mol. The lowest BCUT2D eigenvalue weighted by atomic mass is 10.0. The molecule has 1 fully saturated rings. The number of likely N-dealkylation sites (N-methyl/N-ethyl adjacent to an activating group) is 1. The first kappa shape index (κ1) is 21.5. The second-order valence-corrected chi connectivity index (χ2v) is 9.74. The number of carbonyl (C=O) groups is 1. The minimum absolute atomic E-state index is 0.00387. The van der Waals surface area contributed by atoms with Crippen LogP contribution in [0.25, 0.3) is 0 Å². The largest absolute Gasteiger partial charge is 0.396 e. The van der Waals surface area contributed by atoms with Crippen molar-refractivity contribution in [2.45, 2.75) is 24.9 Å². The summed E-state index contributed by atoms with van der Waals surface area (Å²) in [6, 6.07) is 18.6. The Balaban J connectivity index is 1.82. The molecule has 2 aromatic rings. The van der Waals surface area contributed by atoms with Gasteiger partial charge in [0.15, 0.2) is 9.84 Å². The Bertz CT molecular complexity index is 903. The maximum atomic E-state index is 13.3. The average Bonchev–Trinajstić information content (AvgIpc) is 3.06. The van der Waals surface area contributed by atoms with Crippen LogP contribution >= 0.6 is 0 Å². The lowest BCUT2D eigenvalue weighted by Crippen LogP contribution is -2.46. The fourth-order valence-corrected chi connectivity index (χ4v) is 5.66. The van der Waals surface area contributed by atoms with Crippen LogP contribution in [0, 0.1) is 0 Å². The fourth-order valence-electron chi connectivity index (χ4n) is 3.96. The van der Waals surface area contributed by atoms with Gasteiger partial charge >= 0.3 is 0 Å². The summed E-state index contributed by atoms with van der Waals surface area (Å²) in [5.41, 5.74) is 1.75. The van der Waals surface area contributed by atoms with Crippen LogP contribution in [0.1, 0.15) is 24.4 Å². The van der Waals surface area contributed by atoms with Crippen molar-refractivity contribution < 1.29 is 18.3 Å². The monoisotopic (exact) mass is 416 g/mol. The van der Waals surface area contributed by atoms with E-state index in [1.54, 1.807) is 4.90 Å². The molecular formula is C22H28N2O4S. The van der Waals surface area contributed by atoms with Crippen molar-refractivity contribution >= 4 is 21.4 Å². The molecule has 1 aliphatic heterocycles. The van der Waals surface area contributed by atoms with Gasteiger partial charge in [-0.3, -0.25) is 9.69 Å². The molecule has 0 saturated carbocycles. The zero-order valence-corrected chi connectivity index (χ0v) is 17.5. The van der Waals surface area contributed by atoms with Crippen LogP contribution in [-0.4, -0.2) is 62.1 Å². The average molecular weight is 417 g/mol. The zero-order chi connectivity index (χ0) is 20.9. The first-order valence-electron chi connectivity index (χ1n) is 9.85. The summed E-state index contributed by atoms with van der Waals surface area (Å²) < 4.78 is 24.0. The normalized spacial score (nSPS) is 19.2. The smallest absolute Gasteiger partial charge is 0.241 e. The number of rotatable bonds is 8. The van der Waals surface area contributed by atoms with E-state index in [2.05, 4.69) is 0 Å². The highest BCUT2D eigenvalue weighted by Gasteiger charge is 2.36. The second-order valence-electron chi connectivity index (χ2n) is 7.51. The molecule has 1 aliphatic rings. The topological polar surface area (TPSA) is 77.9 Å². The molecule has 156 valence electrons. The van der Waals surface area contributed by atoms with E-state index < -0.39 is 9.84 Å². The van der Waals surface area contributed by atoms with Crippen LogP contribution in [0.3, 0.4) is 0 Å². The van der Waals surface area contributed by atoms with E-state index >= 15 is 0 Å². The van der Waals surface area contributed by atoms with E-state index in [0.717, 1.165) is 5.56 Å². The summed E-state index contributed by atoms with van der Waals surface area (Å²) in [6.07, 6.45) is 0.961. The molecule has 0 radical (unpaired) electrons. The van der Waals surface area contributed by atoms with Gasteiger partial charge in [0.05, 0.1) is 24.1 Å². The summed E-state index contributed by atoms with van der Waals surface area (Å²) in [5, 5.41) is 9.51. The van der Waals surface area contributed by atoms with Crippen molar-refractivity contribution in [3.8, 4) is 0 Å². The Kier molecular flexibility index (Phi) is 7.05. The summed E-state index contributed by atoms with van der Waals surface area (Å²) >= 11 is 0. The predicted octanol–water partition coefficient (Wildman–Crippen LogP) is 2.26. The molecule has 6 nitrogen and oxygen atoms in total. The quantitative estimate of drug-likeness (QED) is 0.714. The number of aliphatic hydroxyl groups excluding tert-OH is 1. The highest BCUT2D eigenvalue weighted by atomic mass is 32.2. The molecule has 0 aliphatic carbocycles. The number of nitrogens with zero attached hydrogens (tertiary/aromatic N) is 2. The Labute approximate surface area is 172 Å². The van der Waals surface area contributed by atoms with Gasteiger partial charge in [0.25, 0.3) is 0 Å².